The summed E-state index contributed by atoms with van der Waals surface area (Å²) < 4.78 is 42.9. The molecule has 1 aromatic rings. The first-order chi connectivity index (χ1) is 6.81. The van der Waals surface area contributed by atoms with Gasteiger partial charge in [0.25, 0.3) is 0 Å². The molecule has 0 atom stereocenters. The Hall–Kier alpha value is 0.511. The van der Waals surface area contributed by atoms with E-state index in [2.05, 4.69) is 0 Å². The largest absolute Gasteiger partial charge is 1.00 e. The summed E-state index contributed by atoms with van der Waals surface area (Å²) in [4.78, 5) is 0. The van der Waals surface area contributed by atoms with Crippen molar-refractivity contribution in [1.29, 1.82) is 0 Å². The molecular formula is C10H11BF3KO. The second-order valence-corrected chi connectivity index (χ2v) is 4.50. The van der Waals surface area contributed by atoms with Gasteiger partial charge >= 0.3 is 58.4 Å². The second kappa shape index (κ2) is 4.65. The molecule has 0 radical (unpaired) electrons. The van der Waals surface area contributed by atoms with Gasteiger partial charge in [-0.3, -0.25) is 0 Å². The summed E-state index contributed by atoms with van der Waals surface area (Å²) in [5, 5.41) is 0. The van der Waals surface area contributed by atoms with E-state index in [1.165, 1.54) is 12.1 Å². The average molecular weight is 254 g/mol. The van der Waals surface area contributed by atoms with Crippen LogP contribution in [0.2, 0.25) is 0 Å². The van der Waals surface area contributed by atoms with Gasteiger partial charge in [-0.25, -0.2) is 0 Å². The zero-order valence-corrected chi connectivity index (χ0v) is 12.7. The van der Waals surface area contributed by atoms with E-state index >= 15 is 0 Å². The molecule has 82 valence electrons. The van der Waals surface area contributed by atoms with Crippen LogP contribution in [0, 0.1) is 0 Å². The van der Waals surface area contributed by atoms with E-state index < -0.39 is 12.4 Å². The monoisotopic (exact) mass is 254 g/mol. The van der Waals surface area contributed by atoms with Crippen molar-refractivity contribution in [3.63, 3.8) is 0 Å². The third kappa shape index (κ3) is 2.67. The molecule has 0 N–H and O–H groups in total. The Bertz CT molecular complexity index is 404. The van der Waals surface area contributed by atoms with Crippen LogP contribution in [0.3, 0.4) is 0 Å². The first-order valence-corrected chi connectivity index (χ1v) is 4.78. The summed E-state index contributed by atoms with van der Waals surface area (Å²) in [6.45, 7) is -0.716. The van der Waals surface area contributed by atoms with Crippen molar-refractivity contribution in [2.24, 2.45) is 0 Å². The van der Waals surface area contributed by atoms with Crippen LogP contribution in [-0.2, 0) is 5.41 Å². The number of halogens is 3. The molecular weight excluding hydrogens is 243 g/mol. The molecule has 1 aromatic carbocycles. The van der Waals surface area contributed by atoms with Gasteiger partial charge in [0.2, 0.25) is 0 Å². The molecule has 6 heteroatoms. The van der Waals surface area contributed by atoms with E-state index in [0.29, 0.717) is 17.9 Å². The second-order valence-electron chi connectivity index (χ2n) is 4.50. The topological polar surface area (TPSA) is 9.23 Å². The quantitative estimate of drug-likeness (QED) is 0.609. The molecule has 0 spiro atoms. The Labute approximate surface area is 135 Å². The van der Waals surface area contributed by atoms with Gasteiger partial charge in [0.1, 0.15) is 5.75 Å². The molecule has 0 unspecified atom stereocenters. The number of hydrogen-bond donors (Lipinski definition) is 0. The summed E-state index contributed by atoms with van der Waals surface area (Å²) in [5.74, 6) is 0.573. The van der Waals surface area contributed by atoms with Crippen molar-refractivity contribution >= 4 is 12.4 Å². The fourth-order valence-corrected chi connectivity index (χ4v) is 1.74. The molecule has 0 aromatic heterocycles. The first kappa shape index (κ1) is 14.6. The molecule has 16 heavy (non-hydrogen) atoms. The van der Waals surface area contributed by atoms with Crippen molar-refractivity contribution in [3.8, 4) is 5.75 Å². The first-order valence-electron chi connectivity index (χ1n) is 4.78. The predicted octanol–water partition coefficient (Wildman–Crippen LogP) is -0.585. The van der Waals surface area contributed by atoms with Crippen molar-refractivity contribution in [1.82, 2.24) is 0 Å². The van der Waals surface area contributed by atoms with Gasteiger partial charge in [-0.2, -0.15) is 0 Å². The Balaban J connectivity index is 0.00000128. The standard InChI is InChI=1S/C10H11BF3O.K/c1-10(2)6-15-9-4-3-7(5-8(9)10)11(12,13)14;/h3-5H,6H2,1-2H3;/q-1;+1. The van der Waals surface area contributed by atoms with Crippen molar-refractivity contribution < 1.29 is 69.1 Å². The molecule has 0 bridgehead atoms. The Morgan fingerprint density at radius 1 is 1.25 bits per heavy atom. The molecule has 0 fully saturated rings. The van der Waals surface area contributed by atoms with Crippen LogP contribution < -0.4 is 61.6 Å². The molecule has 0 aliphatic carbocycles. The van der Waals surface area contributed by atoms with Crippen molar-refractivity contribution in [2.45, 2.75) is 19.3 Å². The van der Waals surface area contributed by atoms with Crippen LogP contribution in [0.5, 0.6) is 5.75 Å². The van der Waals surface area contributed by atoms with Gasteiger partial charge < -0.3 is 17.7 Å². The van der Waals surface area contributed by atoms with Gasteiger partial charge in [0, 0.05) is 11.0 Å². The van der Waals surface area contributed by atoms with E-state index in [1.54, 1.807) is 0 Å². The SMILES string of the molecule is CC1(C)COc2ccc([B-](F)(F)F)cc21.[K+]. The minimum atomic E-state index is -4.92. The normalized spacial score (nSPS) is 17.3. The maximum absolute atomic E-state index is 12.5. The Kier molecular flexibility index (Phi) is 4.23. The number of hydrogen-bond acceptors (Lipinski definition) is 1. The van der Waals surface area contributed by atoms with E-state index in [9.17, 15) is 12.9 Å². The summed E-state index contributed by atoms with van der Waals surface area (Å²) >= 11 is 0. The van der Waals surface area contributed by atoms with Gasteiger partial charge in [-0.15, -0.1) is 5.46 Å². The molecule has 1 aliphatic heterocycles. The molecule has 0 saturated heterocycles. The molecule has 2 rings (SSSR count). The van der Waals surface area contributed by atoms with Crippen LogP contribution in [-0.4, -0.2) is 13.6 Å². The fourth-order valence-electron chi connectivity index (χ4n) is 1.74. The van der Waals surface area contributed by atoms with Gasteiger partial charge in [0.15, 0.2) is 0 Å². The van der Waals surface area contributed by atoms with Gasteiger partial charge in [0.05, 0.1) is 6.61 Å². The van der Waals surface area contributed by atoms with Gasteiger partial charge in [-0.05, 0) is 6.07 Å². The maximum Gasteiger partial charge on any atom is 1.00 e. The maximum atomic E-state index is 12.5. The molecule has 1 heterocycles. The molecule has 1 aliphatic rings. The van der Waals surface area contributed by atoms with Crippen LogP contribution in [0.15, 0.2) is 18.2 Å². The van der Waals surface area contributed by atoms with E-state index in [-0.39, 0.29) is 56.8 Å². The van der Waals surface area contributed by atoms with Crippen LogP contribution in [0.4, 0.5) is 12.9 Å². The van der Waals surface area contributed by atoms with Crippen LogP contribution in [0.25, 0.3) is 0 Å². The Morgan fingerprint density at radius 2 is 1.88 bits per heavy atom. The summed E-state index contributed by atoms with van der Waals surface area (Å²) in [6, 6.07) is 3.71. The molecule has 1 nitrogen and oxygen atoms in total. The van der Waals surface area contributed by atoms with Crippen LogP contribution in [0.1, 0.15) is 19.4 Å². The van der Waals surface area contributed by atoms with E-state index in [0.717, 1.165) is 6.07 Å². The minimum absolute atomic E-state index is 0. The summed E-state index contributed by atoms with van der Waals surface area (Å²) in [7, 11) is 0. The summed E-state index contributed by atoms with van der Waals surface area (Å²) in [6.07, 6.45) is 0. The minimum Gasteiger partial charge on any atom is -0.492 e. The van der Waals surface area contributed by atoms with Gasteiger partial charge in [-0.1, -0.05) is 26.0 Å². The number of fused-ring (bicyclic) bond motifs is 1. The number of rotatable bonds is 1. The van der Waals surface area contributed by atoms with Crippen molar-refractivity contribution in [3.05, 3.63) is 23.8 Å². The van der Waals surface area contributed by atoms with Crippen molar-refractivity contribution in [2.75, 3.05) is 6.61 Å². The van der Waals surface area contributed by atoms with E-state index in [1.807, 2.05) is 13.8 Å². The number of ether oxygens (including phenoxy) is 1. The molecule has 0 amide bonds. The number of benzene rings is 1. The summed E-state index contributed by atoms with van der Waals surface area (Å²) in [5.41, 5.74) is -0.223. The van der Waals surface area contributed by atoms with Crippen LogP contribution >= 0.6 is 0 Å². The molecule has 0 saturated carbocycles. The average Bonchev–Trinajstić information content (AvgIpc) is 2.41. The van der Waals surface area contributed by atoms with E-state index in [4.69, 9.17) is 4.74 Å². The smallest absolute Gasteiger partial charge is 0.492 e. The Morgan fingerprint density at radius 3 is 2.44 bits per heavy atom. The predicted molar refractivity (Wildman–Crippen MR) is 53.7 cm³/mol. The third-order valence-electron chi connectivity index (χ3n) is 2.70. The zero-order valence-electron chi connectivity index (χ0n) is 9.56. The fraction of sp³-hybridized carbons (Fsp3) is 0.400. The zero-order chi connectivity index (χ0) is 11.3. The third-order valence-corrected chi connectivity index (χ3v) is 2.70.